The molecule has 3 heteroatoms. The first-order valence-electron chi connectivity index (χ1n) is 4.56. The molecule has 1 aliphatic rings. The molecule has 0 aliphatic carbocycles. The van der Waals surface area contributed by atoms with Crippen molar-refractivity contribution in [3.63, 3.8) is 0 Å². The van der Waals surface area contributed by atoms with Crippen LogP contribution in [-0.4, -0.2) is 12.7 Å². The van der Waals surface area contributed by atoms with E-state index in [2.05, 4.69) is 35.8 Å². The quantitative estimate of drug-likeness (QED) is 0.758. The molecule has 1 aliphatic heterocycles. The van der Waals surface area contributed by atoms with Gasteiger partial charge in [-0.1, -0.05) is 6.07 Å². The van der Waals surface area contributed by atoms with Gasteiger partial charge in [-0.3, -0.25) is 0 Å². The molecule has 2 rings (SSSR count). The minimum Gasteiger partial charge on any atom is -0.496 e. The standard InChI is InChI=1S/C11H13BrO2/c1-11(2)10(14-11)7-4-5-9(13-3)8(12)6-7/h4-6,10H,1-3H3. The molecule has 1 heterocycles. The fourth-order valence-corrected chi connectivity index (χ4v) is 2.14. The Hall–Kier alpha value is -0.540. The summed E-state index contributed by atoms with van der Waals surface area (Å²) in [6, 6.07) is 6.05. The molecule has 2 nitrogen and oxygen atoms in total. The van der Waals surface area contributed by atoms with Gasteiger partial charge in [-0.05, 0) is 47.5 Å². The summed E-state index contributed by atoms with van der Waals surface area (Å²) in [5.41, 5.74) is 1.19. The topological polar surface area (TPSA) is 21.8 Å². The fraction of sp³-hybridized carbons (Fsp3) is 0.455. The number of epoxide rings is 1. The monoisotopic (exact) mass is 256 g/mol. The van der Waals surface area contributed by atoms with Crippen molar-refractivity contribution in [3.8, 4) is 5.75 Å². The minimum atomic E-state index is -0.00592. The van der Waals surface area contributed by atoms with Crippen LogP contribution in [0.25, 0.3) is 0 Å². The lowest BCUT2D eigenvalue weighted by Crippen LogP contribution is -1.97. The van der Waals surface area contributed by atoms with Crippen LogP contribution >= 0.6 is 15.9 Å². The molecule has 0 N–H and O–H groups in total. The Labute approximate surface area is 92.3 Å². The highest BCUT2D eigenvalue weighted by Gasteiger charge is 2.48. The third kappa shape index (κ3) is 1.66. The van der Waals surface area contributed by atoms with Gasteiger partial charge in [-0.25, -0.2) is 0 Å². The lowest BCUT2D eigenvalue weighted by atomic mass is 10.0. The molecule has 0 saturated carbocycles. The molecule has 0 radical (unpaired) electrons. The lowest BCUT2D eigenvalue weighted by Gasteiger charge is -2.04. The summed E-state index contributed by atoms with van der Waals surface area (Å²) in [4.78, 5) is 0. The smallest absolute Gasteiger partial charge is 0.133 e. The summed E-state index contributed by atoms with van der Waals surface area (Å²) in [5.74, 6) is 0.854. The van der Waals surface area contributed by atoms with Crippen molar-refractivity contribution in [1.29, 1.82) is 0 Å². The summed E-state index contributed by atoms with van der Waals surface area (Å²) in [5, 5.41) is 0. The molecule has 1 aromatic carbocycles. The van der Waals surface area contributed by atoms with E-state index < -0.39 is 0 Å². The summed E-state index contributed by atoms with van der Waals surface area (Å²) in [6.45, 7) is 4.19. The Balaban J connectivity index is 2.26. The van der Waals surface area contributed by atoms with Gasteiger partial charge in [0, 0.05) is 0 Å². The van der Waals surface area contributed by atoms with Gasteiger partial charge in [0.05, 0.1) is 17.2 Å². The van der Waals surface area contributed by atoms with Crippen LogP contribution in [0.5, 0.6) is 5.75 Å². The number of halogens is 1. The Kier molecular flexibility index (Phi) is 2.32. The highest BCUT2D eigenvalue weighted by molar-refractivity contribution is 9.10. The number of rotatable bonds is 2. The number of methoxy groups -OCH3 is 1. The summed E-state index contributed by atoms with van der Waals surface area (Å²) in [7, 11) is 1.66. The van der Waals surface area contributed by atoms with Crippen molar-refractivity contribution >= 4 is 15.9 Å². The zero-order valence-corrected chi connectivity index (χ0v) is 10.1. The molecule has 1 unspecified atom stereocenters. The van der Waals surface area contributed by atoms with E-state index in [1.807, 2.05) is 12.1 Å². The largest absolute Gasteiger partial charge is 0.496 e. The van der Waals surface area contributed by atoms with E-state index in [-0.39, 0.29) is 11.7 Å². The third-order valence-electron chi connectivity index (χ3n) is 2.47. The second kappa shape index (κ2) is 3.24. The zero-order valence-electron chi connectivity index (χ0n) is 8.50. The van der Waals surface area contributed by atoms with Crippen molar-refractivity contribution in [3.05, 3.63) is 28.2 Å². The van der Waals surface area contributed by atoms with Crippen molar-refractivity contribution in [2.45, 2.75) is 25.6 Å². The van der Waals surface area contributed by atoms with Gasteiger partial charge in [-0.2, -0.15) is 0 Å². The highest BCUT2D eigenvalue weighted by atomic mass is 79.9. The van der Waals surface area contributed by atoms with Crippen LogP contribution in [0.3, 0.4) is 0 Å². The lowest BCUT2D eigenvalue weighted by molar-refractivity contribution is 0.325. The SMILES string of the molecule is COc1ccc(C2OC2(C)C)cc1Br. The van der Waals surface area contributed by atoms with Gasteiger partial charge in [0.25, 0.3) is 0 Å². The molecule has 14 heavy (non-hydrogen) atoms. The fourth-order valence-electron chi connectivity index (χ4n) is 1.58. The molecule has 0 aromatic heterocycles. The van der Waals surface area contributed by atoms with Crippen molar-refractivity contribution in [2.24, 2.45) is 0 Å². The van der Waals surface area contributed by atoms with Crippen LogP contribution in [0, 0.1) is 0 Å². The van der Waals surface area contributed by atoms with Gasteiger partial charge in [0.1, 0.15) is 11.9 Å². The first kappa shape index (κ1) is 9.99. The second-order valence-corrected chi connectivity index (χ2v) is 4.85. The van der Waals surface area contributed by atoms with Gasteiger partial charge in [0.15, 0.2) is 0 Å². The molecule has 0 spiro atoms. The Morgan fingerprint density at radius 2 is 2.07 bits per heavy atom. The molecule has 76 valence electrons. The molecule has 1 aromatic rings. The van der Waals surface area contributed by atoms with E-state index in [1.165, 1.54) is 5.56 Å². The molecule has 1 saturated heterocycles. The van der Waals surface area contributed by atoms with Crippen LogP contribution in [-0.2, 0) is 4.74 Å². The van der Waals surface area contributed by atoms with Gasteiger partial charge in [-0.15, -0.1) is 0 Å². The van der Waals surface area contributed by atoms with E-state index in [0.29, 0.717) is 0 Å². The summed E-state index contributed by atoms with van der Waals surface area (Å²) < 4.78 is 11.7. The molecule has 0 bridgehead atoms. The Bertz CT molecular complexity index is 360. The zero-order chi connectivity index (χ0) is 10.3. The maximum Gasteiger partial charge on any atom is 0.133 e. The van der Waals surface area contributed by atoms with E-state index in [0.717, 1.165) is 10.2 Å². The number of hydrogen-bond acceptors (Lipinski definition) is 2. The van der Waals surface area contributed by atoms with E-state index in [4.69, 9.17) is 9.47 Å². The van der Waals surface area contributed by atoms with E-state index in [9.17, 15) is 0 Å². The molecule has 1 atom stereocenters. The minimum absolute atomic E-state index is 0.00592. The summed E-state index contributed by atoms with van der Waals surface area (Å²) in [6.07, 6.45) is 0.227. The summed E-state index contributed by atoms with van der Waals surface area (Å²) >= 11 is 3.46. The van der Waals surface area contributed by atoms with Gasteiger partial charge >= 0.3 is 0 Å². The maximum absolute atomic E-state index is 5.56. The molecular formula is C11H13BrO2. The number of ether oxygens (including phenoxy) is 2. The number of benzene rings is 1. The predicted molar refractivity (Wildman–Crippen MR) is 58.6 cm³/mol. The second-order valence-electron chi connectivity index (χ2n) is 4.00. The normalized spacial score (nSPS) is 23.3. The van der Waals surface area contributed by atoms with Crippen LogP contribution in [0.15, 0.2) is 22.7 Å². The van der Waals surface area contributed by atoms with Crippen LogP contribution in [0.4, 0.5) is 0 Å². The van der Waals surface area contributed by atoms with Crippen LogP contribution in [0.1, 0.15) is 25.5 Å². The van der Waals surface area contributed by atoms with E-state index in [1.54, 1.807) is 7.11 Å². The Morgan fingerprint density at radius 3 is 2.50 bits per heavy atom. The average molecular weight is 257 g/mol. The van der Waals surface area contributed by atoms with Crippen LogP contribution < -0.4 is 4.74 Å². The first-order chi connectivity index (χ1) is 6.54. The average Bonchev–Trinajstić information content (AvgIpc) is 2.75. The molecule has 0 amide bonds. The van der Waals surface area contributed by atoms with Gasteiger partial charge < -0.3 is 9.47 Å². The maximum atomic E-state index is 5.56. The van der Waals surface area contributed by atoms with E-state index >= 15 is 0 Å². The predicted octanol–water partition coefficient (Wildman–Crippen LogP) is 3.31. The third-order valence-corrected chi connectivity index (χ3v) is 3.09. The first-order valence-corrected chi connectivity index (χ1v) is 5.35. The van der Waals surface area contributed by atoms with Gasteiger partial charge in [0.2, 0.25) is 0 Å². The van der Waals surface area contributed by atoms with Crippen LogP contribution in [0.2, 0.25) is 0 Å². The van der Waals surface area contributed by atoms with Crippen molar-refractivity contribution < 1.29 is 9.47 Å². The van der Waals surface area contributed by atoms with Crippen molar-refractivity contribution in [1.82, 2.24) is 0 Å². The molecular weight excluding hydrogens is 244 g/mol. The highest BCUT2D eigenvalue weighted by Crippen LogP contribution is 2.49. The van der Waals surface area contributed by atoms with Crippen molar-refractivity contribution in [2.75, 3.05) is 7.11 Å². The Morgan fingerprint density at radius 1 is 1.43 bits per heavy atom. The number of hydrogen-bond donors (Lipinski definition) is 0. The molecule has 1 fully saturated rings.